The third-order valence-corrected chi connectivity index (χ3v) is 6.95. The van der Waals surface area contributed by atoms with Crippen molar-refractivity contribution < 1.29 is 13.6 Å². The summed E-state index contributed by atoms with van der Waals surface area (Å²) >= 11 is 5.91. The Kier molecular flexibility index (Phi) is 6.84. The molecule has 0 bridgehead atoms. The first kappa shape index (κ1) is 22.5. The van der Waals surface area contributed by atoms with Gasteiger partial charge in [0.1, 0.15) is 0 Å². The van der Waals surface area contributed by atoms with Crippen molar-refractivity contribution in [3.05, 3.63) is 41.4 Å². The average Bonchev–Trinajstić information content (AvgIpc) is 3.61. The summed E-state index contributed by atoms with van der Waals surface area (Å²) in [7, 11) is 0. The minimum absolute atomic E-state index is 0.0560. The Bertz CT molecular complexity index is 809. The number of hydrogen-bond donors (Lipinski definition) is 1. The van der Waals surface area contributed by atoms with Crippen LogP contribution in [0.15, 0.2) is 30.9 Å². The second-order valence-corrected chi connectivity index (χ2v) is 9.38. The molecular formula is C23H31ClF2N4O. The van der Waals surface area contributed by atoms with Crippen molar-refractivity contribution in [2.75, 3.05) is 51.1 Å². The number of nitrogens with one attached hydrogen (secondary N) is 1. The van der Waals surface area contributed by atoms with Gasteiger partial charge in [-0.2, -0.15) is 8.78 Å². The fraction of sp³-hybridized carbons (Fsp3) is 0.609. The number of allylic oxidation sites excluding steroid dienone is 1. The highest BCUT2D eigenvalue weighted by molar-refractivity contribution is 6.31. The first-order valence-corrected chi connectivity index (χ1v) is 11.6. The number of carbonyl (C=O) groups excluding carboxylic acids is 1. The molecule has 1 saturated carbocycles. The maximum absolute atomic E-state index is 14.0. The van der Waals surface area contributed by atoms with Gasteiger partial charge in [-0.1, -0.05) is 18.2 Å². The first-order chi connectivity index (χ1) is 14.9. The number of halogens is 3. The van der Waals surface area contributed by atoms with Gasteiger partial charge < -0.3 is 15.1 Å². The van der Waals surface area contributed by atoms with Crippen molar-refractivity contribution >= 4 is 23.3 Å². The number of hydrogen-bond acceptors (Lipinski definition) is 3. The zero-order valence-corrected chi connectivity index (χ0v) is 18.6. The van der Waals surface area contributed by atoms with Gasteiger partial charge in [0, 0.05) is 56.6 Å². The molecule has 2 heterocycles. The molecular weight excluding hydrogens is 422 g/mol. The monoisotopic (exact) mass is 452 g/mol. The first-order valence-electron chi connectivity index (χ1n) is 11.2. The summed E-state index contributed by atoms with van der Waals surface area (Å²) in [5, 5.41) is 2.68. The van der Waals surface area contributed by atoms with Crippen LogP contribution in [-0.2, 0) is 5.92 Å². The molecule has 4 rings (SSSR count). The molecule has 1 atom stereocenters. The van der Waals surface area contributed by atoms with Crippen LogP contribution < -0.4 is 5.32 Å². The molecule has 1 aromatic rings. The molecule has 1 aliphatic carbocycles. The van der Waals surface area contributed by atoms with Crippen LogP contribution in [-0.4, -0.2) is 72.6 Å². The Morgan fingerprint density at radius 3 is 2.61 bits per heavy atom. The van der Waals surface area contributed by atoms with Crippen molar-refractivity contribution in [2.45, 2.75) is 37.6 Å². The molecule has 0 unspecified atom stereocenters. The van der Waals surface area contributed by atoms with Gasteiger partial charge in [-0.05, 0) is 62.4 Å². The van der Waals surface area contributed by atoms with E-state index in [9.17, 15) is 13.6 Å². The third-order valence-electron chi connectivity index (χ3n) is 6.62. The zero-order valence-electron chi connectivity index (χ0n) is 17.8. The van der Waals surface area contributed by atoms with Crippen molar-refractivity contribution in [3.8, 4) is 0 Å². The Balaban J connectivity index is 1.27. The maximum Gasteiger partial charge on any atom is 0.321 e. The van der Waals surface area contributed by atoms with E-state index < -0.39 is 5.92 Å². The summed E-state index contributed by atoms with van der Waals surface area (Å²) in [6.45, 7) is 9.67. The number of anilines is 1. The van der Waals surface area contributed by atoms with Crippen LogP contribution in [0, 0.1) is 5.92 Å². The predicted molar refractivity (Wildman–Crippen MR) is 120 cm³/mol. The summed E-state index contributed by atoms with van der Waals surface area (Å²) in [5.41, 5.74) is -0.0600. The van der Waals surface area contributed by atoms with E-state index in [2.05, 4.69) is 21.7 Å². The summed E-state index contributed by atoms with van der Waals surface area (Å²) in [6, 6.07) is 4.69. The van der Waals surface area contributed by atoms with Crippen LogP contribution >= 0.6 is 11.6 Å². The number of piperidine rings is 1. The quantitative estimate of drug-likeness (QED) is 0.639. The number of carbonyl (C=O) groups is 1. The van der Waals surface area contributed by atoms with Crippen LogP contribution in [0.4, 0.5) is 19.3 Å². The van der Waals surface area contributed by atoms with Crippen molar-refractivity contribution in [1.29, 1.82) is 0 Å². The number of likely N-dealkylation sites (tertiary alicyclic amines) is 1. The SMILES string of the molecule is C=CC(F)(F)c1cc(NC(=O)N2CCN(C[C@@H]3CCCN(C4CC4)C3)CC2)ccc1Cl. The average molecular weight is 453 g/mol. The highest BCUT2D eigenvalue weighted by atomic mass is 35.5. The van der Waals surface area contributed by atoms with Gasteiger partial charge in [0.05, 0.1) is 5.02 Å². The fourth-order valence-electron chi connectivity index (χ4n) is 4.69. The van der Waals surface area contributed by atoms with Gasteiger partial charge in [-0.15, -0.1) is 0 Å². The van der Waals surface area contributed by atoms with E-state index in [4.69, 9.17) is 11.6 Å². The van der Waals surface area contributed by atoms with Crippen LogP contribution in [0.1, 0.15) is 31.2 Å². The molecule has 0 radical (unpaired) electrons. The predicted octanol–water partition coefficient (Wildman–Crippen LogP) is 4.64. The zero-order chi connectivity index (χ0) is 22.0. The van der Waals surface area contributed by atoms with Crippen LogP contribution in [0.2, 0.25) is 5.02 Å². The smallest absolute Gasteiger partial charge is 0.321 e. The lowest BCUT2D eigenvalue weighted by Crippen LogP contribution is -2.52. The molecule has 1 aromatic carbocycles. The van der Waals surface area contributed by atoms with Crippen molar-refractivity contribution in [2.24, 2.45) is 5.92 Å². The van der Waals surface area contributed by atoms with Gasteiger partial charge in [0.25, 0.3) is 5.92 Å². The maximum atomic E-state index is 14.0. The highest BCUT2D eigenvalue weighted by Gasteiger charge is 2.34. The van der Waals surface area contributed by atoms with E-state index >= 15 is 0 Å². The van der Waals surface area contributed by atoms with E-state index in [1.54, 1.807) is 4.90 Å². The molecule has 0 spiro atoms. The van der Waals surface area contributed by atoms with Crippen molar-refractivity contribution in [3.63, 3.8) is 0 Å². The lowest BCUT2D eigenvalue weighted by atomic mass is 9.97. The highest BCUT2D eigenvalue weighted by Crippen LogP contribution is 2.36. The number of nitrogens with zero attached hydrogens (tertiary/aromatic N) is 3. The number of benzene rings is 1. The van der Waals surface area contributed by atoms with E-state index in [-0.39, 0.29) is 16.6 Å². The van der Waals surface area contributed by atoms with E-state index in [1.165, 1.54) is 57.0 Å². The molecule has 3 aliphatic rings. The van der Waals surface area contributed by atoms with Gasteiger partial charge in [0.15, 0.2) is 0 Å². The summed E-state index contributed by atoms with van der Waals surface area (Å²) < 4.78 is 28.0. The van der Waals surface area contributed by atoms with E-state index in [1.807, 2.05) is 0 Å². The van der Waals surface area contributed by atoms with E-state index in [0.717, 1.165) is 25.7 Å². The summed E-state index contributed by atoms with van der Waals surface area (Å²) in [6.07, 6.45) is 5.85. The number of rotatable bonds is 6. The summed E-state index contributed by atoms with van der Waals surface area (Å²) in [4.78, 5) is 19.5. The number of piperazine rings is 1. The normalized spacial score (nSPS) is 23.6. The molecule has 1 N–H and O–H groups in total. The van der Waals surface area contributed by atoms with Gasteiger partial charge in [0.2, 0.25) is 0 Å². The molecule has 8 heteroatoms. The minimum atomic E-state index is -3.25. The van der Waals surface area contributed by atoms with Crippen molar-refractivity contribution in [1.82, 2.24) is 14.7 Å². The number of urea groups is 1. The summed E-state index contributed by atoms with van der Waals surface area (Å²) in [5.74, 6) is -2.54. The molecule has 0 aromatic heterocycles. The third kappa shape index (κ3) is 5.57. The van der Waals surface area contributed by atoms with Crippen LogP contribution in [0.25, 0.3) is 0 Å². The standard InChI is InChI=1S/C23H31ClF2N4O/c1-2-23(25,26)20-14-18(5-8-21(20)24)27-22(31)29-12-10-28(11-13-29)15-17-4-3-9-30(16-17)19-6-7-19/h2,5,8,14,17,19H,1,3-4,6-7,9-13,15-16H2,(H,27,31)/t17-/m0/s1. The van der Waals surface area contributed by atoms with Crippen LogP contribution in [0.5, 0.6) is 0 Å². The van der Waals surface area contributed by atoms with Gasteiger partial charge in [-0.25, -0.2) is 4.79 Å². The second kappa shape index (κ2) is 9.43. The van der Waals surface area contributed by atoms with E-state index in [0.29, 0.717) is 30.8 Å². The Morgan fingerprint density at radius 2 is 1.94 bits per heavy atom. The molecule has 170 valence electrons. The molecule has 31 heavy (non-hydrogen) atoms. The van der Waals surface area contributed by atoms with Crippen LogP contribution in [0.3, 0.4) is 0 Å². The largest absolute Gasteiger partial charge is 0.322 e. The topological polar surface area (TPSA) is 38.8 Å². The molecule has 3 fully saturated rings. The lowest BCUT2D eigenvalue weighted by molar-refractivity contribution is 0.0527. The fourth-order valence-corrected chi connectivity index (χ4v) is 4.93. The minimum Gasteiger partial charge on any atom is -0.322 e. The molecule has 2 amide bonds. The second-order valence-electron chi connectivity index (χ2n) is 8.97. The molecule has 2 saturated heterocycles. The Morgan fingerprint density at radius 1 is 1.19 bits per heavy atom. The number of alkyl halides is 2. The van der Waals surface area contributed by atoms with Gasteiger partial charge in [-0.3, -0.25) is 4.90 Å². The molecule has 5 nitrogen and oxygen atoms in total. The number of amides is 2. The Hall–Kier alpha value is -1.70. The lowest BCUT2D eigenvalue weighted by Gasteiger charge is -2.39. The van der Waals surface area contributed by atoms with Gasteiger partial charge >= 0.3 is 6.03 Å². The Labute approximate surface area is 188 Å². The molecule has 2 aliphatic heterocycles.